The van der Waals surface area contributed by atoms with Crippen LogP contribution in [0.15, 0.2) is 22.4 Å². The number of carbonyl (C=O) groups is 1. The minimum atomic E-state index is -5.07. The first-order chi connectivity index (χ1) is 14.2. The topological polar surface area (TPSA) is 122 Å². The van der Waals surface area contributed by atoms with Crippen molar-refractivity contribution in [2.75, 3.05) is 23.8 Å². The number of halogens is 3. The average molecular weight is 416 g/mol. The first kappa shape index (κ1) is 20.8. The predicted molar refractivity (Wildman–Crippen MR) is 99.5 cm³/mol. The van der Waals surface area contributed by atoms with E-state index in [0.717, 1.165) is 18.5 Å². The molecule has 9 nitrogen and oxygen atoms in total. The van der Waals surface area contributed by atoms with Gasteiger partial charge in [0.05, 0.1) is 5.69 Å². The van der Waals surface area contributed by atoms with E-state index < -0.39 is 12.1 Å². The summed E-state index contributed by atoms with van der Waals surface area (Å²) in [6, 6.07) is 6.56. The van der Waals surface area contributed by atoms with Crippen LogP contribution in [0.4, 0.5) is 36.2 Å². The van der Waals surface area contributed by atoms with Gasteiger partial charge in [-0.2, -0.15) is 28.7 Å². The number of carbonyl (C=O) groups excluding carboxylic acids is 1. The Labute approximate surface area is 169 Å². The molecule has 30 heavy (non-hydrogen) atoms. The van der Waals surface area contributed by atoms with Crippen molar-refractivity contribution in [3.05, 3.63) is 29.1 Å². The largest absolute Gasteiger partial charge is 0.471 e. The Balaban J connectivity index is 2.06. The molecule has 0 unspecified atom stereocenters. The maximum Gasteiger partial charge on any atom is 0.471 e. The molecule has 2 aromatic rings. The van der Waals surface area contributed by atoms with E-state index in [1.54, 1.807) is 19.2 Å². The first-order valence-corrected chi connectivity index (χ1v) is 8.70. The molecule has 1 aromatic heterocycles. The highest BCUT2D eigenvalue weighted by atomic mass is 19.4. The molecule has 0 saturated heterocycles. The second kappa shape index (κ2) is 7.83. The molecule has 0 radical (unpaired) electrons. The van der Waals surface area contributed by atoms with Gasteiger partial charge in [0.25, 0.3) is 5.95 Å². The van der Waals surface area contributed by atoms with Gasteiger partial charge in [0.2, 0.25) is 0 Å². The molecule has 0 fully saturated rings. The van der Waals surface area contributed by atoms with Crippen molar-refractivity contribution in [3.8, 4) is 12.1 Å². The number of hydrogen-bond acceptors (Lipinski definition) is 7. The number of nitrogens with one attached hydrogen (secondary N) is 1. The molecule has 3 rings (SSSR count). The van der Waals surface area contributed by atoms with Crippen molar-refractivity contribution in [1.29, 1.82) is 10.5 Å². The number of nitrogens with zero attached hydrogens (tertiary/aromatic N) is 7. The molecule has 1 amide bonds. The van der Waals surface area contributed by atoms with Crippen LogP contribution in [0.2, 0.25) is 0 Å². The van der Waals surface area contributed by atoms with E-state index in [4.69, 9.17) is 10.5 Å². The van der Waals surface area contributed by atoms with Gasteiger partial charge in [-0.25, -0.2) is 0 Å². The van der Waals surface area contributed by atoms with Crippen molar-refractivity contribution in [2.24, 2.45) is 17.3 Å². The molecule has 0 spiro atoms. The van der Waals surface area contributed by atoms with Gasteiger partial charge in [-0.05, 0) is 30.5 Å². The fraction of sp³-hybridized carbons (Fsp3) is 0.333. The molecular formula is C18H15F3N8O. The standard InChI is InChI=1S/C18H15F3N8O/c1-28-5-3-4-10-6-12(11(7-14(10)28)24-16(30)18(19,20)21)26-27-17-25-13(8-22)15(9-23)29(17)2/h6-7H,3-5H2,1-2H3,(H,24,30). The normalized spacial score (nSPS) is 13.6. The molecule has 12 heteroatoms. The van der Waals surface area contributed by atoms with Gasteiger partial charge in [0, 0.05) is 26.3 Å². The summed E-state index contributed by atoms with van der Waals surface area (Å²) in [5.74, 6) is -2.21. The fourth-order valence-electron chi connectivity index (χ4n) is 3.06. The SMILES string of the molecule is CN1CCCc2cc(N=Nc3nc(C#N)c(C#N)n3C)c(NC(=O)C(F)(F)F)cc21. The van der Waals surface area contributed by atoms with Crippen LogP contribution in [0, 0.1) is 22.7 Å². The molecule has 1 N–H and O–H groups in total. The van der Waals surface area contributed by atoms with Crippen molar-refractivity contribution in [2.45, 2.75) is 19.0 Å². The van der Waals surface area contributed by atoms with Crippen LogP contribution in [-0.4, -0.2) is 35.2 Å². The van der Waals surface area contributed by atoms with Crippen molar-refractivity contribution < 1.29 is 18.0 Å². The van der Waals surface area contributed by atoms with Crippen LogP contribution in [0.25, 0.3) is 0 Å². The smallest absolute Gasteiger partial charge is 0.374 e. The zero-order valence-electron chi connectivity index (χ0n) is 15.9. The number of aryl methyl sites for hydroxylation is 1. The van der Waals surface area contributed by atoms with Gasteiger partial charge >= 0.3 is 12.1 Å². The van der Waals surface area contributed by atoms with Crippen LogP contribution < -0.4 is 10.2 Å². The number of rotatable bonds is 3. The minimum absolute atomic E-state index is 0.00154. The summed E-state index contributed by atoms with van der Waals surface area (Å²) >= 11 is 0. The van der Waals surface area contributed by atoms with E-state index in [-0.39, 0.29) is 28.7 Å². The first-order valence-electron chi connectivity index (χ1n) is 8.70. The molecule has 1 aliphatic heterocycles. The van der Waals surface area contributed by atoms with Crippen LogP contribution in [0.3, 0.4) is 0 Å². The summed E-state index contributed by atoms with van der Waals surface area (Å²) in [6.07, 6.45) is -3.53. The number of alkyl halides is 3. The summed E-state index contributed by atoms with van der Waals surface area (Å²) in [5, 5.41) is 27.8. The molecular weight excluding hydrogens is 401 g/mol. The minimum Gasteiger partial charge on any atom is -0.374 e. The number of nitriles is 2. The average Bonchev–Trinajstić information content (AvgIpc) is 3.01. The van der Waals surface area contributed by atoms with Gasteiger partial charge in [-0.3, -0.25) is 4.79 Å². The third-order valence-electron chi connectivity index (χ3n) is 4.58. The van der Waals surface area contributed by atoms with Crippen LogP contribution in [0.5, 0.6) is 0 Å². The molecule has 0 atom stereocenters. The van der Waals surface area contributed by atoms with Gasteiger partial charge in [0.1, 0.15) is 17.8 Å². The number of aromatic nitrogens is 2. The Bertz CT molecular complexity index is 1120. The molecule has 2 heterocycles. The van der Waals surface area contributed by atoms with E-state index in [0.29, 0.717) is 12.1 Å². The lowest BCUT2D eigenvalue weighted by Crippen LogP contribution is -2.30. The lowest BCUT2D eigenvalue weighted by molar-refractivity contribution is -0.167. The number of fused-ring (bicyclic) bond motifs is 1. The zero-order valence-corrected chi connectivity index (χ0v) is 15.9. The molecule has 1 aliphatic rings. The molecule has 154 valence electrons. The number of imidazole rings is 1. The Morgan fingerprint density at radius 1 is 1.23 bits per heavy atom. The lowest BCUT2D eigenvalue weighted by Gasteiger charge is -2.28. The highest BCUT2D eigenvalue weighted by Gasteiger charge is 2.39. The number of azo groups is 1. The summed E-state index contributed by atoms with van der Waals surface area (Å²) in [7, 11) is 3.25. The molecule has 0 aliphatic carbocycles. The van der Waals surface area contributed by atoms with Crippen LogP contribution in [0.1, 0.15) is 23.4 Å². The van der Waals surface area contributed by atoms with Gasteiger partial charge in [0.15, 0.2) is 11.4 Å². The maximum atomic E-state index is 12.8. The third-order valence-corrected chi connectivity index (χ3v) is 4.58. The number of amides is 1. The fourth-order valence-corrected chi connectivity index (χ4v) is 3.06. The second-order valence-electron chi connectivity index (χ2n) is 6.57. The Kier molecular flexibility index (Phi) is 5.43. The van der Waals surface area contributed by atoms with E-state index >= 15 is 0 Å². The maximum absolute atomic E-state index is 12.8. The molecule has 1 aromatic carbocycles. The van der Waals surface area contributed by atoms with Gasteiger partial charge < -0.3 is 14.8 Å². The number of benzene rings is 1. The van der Waals surface area contributed by atoms with Gasteiger partial charge in [-0.1, -0.05) is 0 Å². The van der Waals surface area contributed by atoms with E-state index in [1.807, 2.05) is 16.3 Å². The summed E-state index contributed by atoms with van der Waals surface area (Å²) < 4.78 is 39.5. The second-order valence-corrected chi connectivity index (χ2v) is 6.57. The van der Waals surface area contributed by atoms with Crippen molar-refractivity contribution in [1.82, 2.24) is 9.55 Å². The number of hydrogen-bond donors (Lipinski definition) is 1. The molecule has 0 saturated carbocycles. The van der Waals surface area contributed by atoms with E-state index in [9.17, 15) is 18.0 Å². The molecule has 0 bridgehead atoms. The van der Waals surface area contributed by atoms with E-state index in [1.165, 1.54) is 17.7 Å². The highest BCUT2D eigenvalue weighted by Crippen LogP contribution is 2.37. The predicted octanol–water partition coefficient (Wildman–Crippen LogP) is 3.46. The summed E-state index contributed by atoms with van der Waals surface area (Å²) in [4.78, 5) is 17.2. The van der Waals surface area contributed by atoms with Crippen molar-refractivity contribution >= 4 is 28.9 Å². The van der Waals surface area contributed by atoms with E-state index in [2.05, 4.69) is 15.2 Å². The monoisotopic (exact) mass is 416 g/mol. The highest BCUT2D eigenvalue weighted by molar-refractivity contribution is 5.98. The Morgan fingerprint density at radius 3 is 2.57 bits per heavy atom. The lowest BCUT2D eigenvalue weighted by atomic mass is 10.0. The number of anilines is 2. The Morgan fingerprint density at radius 2 is 1.97 bits per heavy atom. The third kappa shape index (κ3) is 3.93. The summed E-state index contributed by atoms with van der Waals surface area (Å²) in [5.41, 5.74) is 1.20. The quantitative estimate of drug-likeness (QED) is 0.768. The van der Waals surface area contributed by atoms with Crippen LogP contribution >= 0.6 is 0 Å². The van der Waals surface area contributed by atoms with Crippen molar-refractivity contribution in [3.63, 3.8) is 0 Å². The zero-order chi connectivity index (χ0) is 22.1. The van der Waals surface area contributed by atoms with Gasteiger partial charge in [-0.15, -0.1) is 10.2 Å². The van der Waals surface area contributed by atoms with Crippen LogP contribution in [-0.2, 0) is 18.3 Å². The Hall–Kier alpha value is -3.93. The summed E-state index contributed by atoms with van der Waals surface area (Å²) in [6.45, 7) is 0.724.